The van der Waals surface area contributed by atoms with Crippen LogP contribution in [0.15, 0.2) is 46.9 Å². The normalized spacial score (nSPS) is 12.4. The number of hydrogen-bond acceptors (Lipinski definition) is 4. The minimum atomic E-state index is -3.90. The molecule has 0 saturated heterocycles. The highest BCUT2D eigenvalue weighted by Gasteiger charge is 2.31. The Balaban J connectivity index is 2.44. The van der Waals surface area contributed by atoms with E-state index in [1.165, 1.54) is 23.1 Å². The van der Waals surface area contributed by atoms with Crippen LogP contribution in [0.25, 0.3) is 0 Å². The molecule has 33 heavy (non-hydrogen) atoms. The first-order chi connectivity index (χ1) is 15.3. The molecule has 0 spiro atoms. The number of halogens is 3. The molecule has 2 aromatic carbocycles. The van der Waals surface area contributed by atoms with Crippen LogP contribution in [-0.2, 0) is 26.2 Å². The third-order valence-electron chi connectivity index (χ3n) is 4.70. The minimum absolute atomic E-state index is 0.0849. The van der Waals surface area contributed by atoms with Crippen LogP contribution in [-0.4, -0.2) is 50.0 Å². The summed E-state index contributed by atoms with van der Waals surface area (Å²) in [4.78, 5) is 27.5. The van der Waals surface area contributed by atoms with Gasteiger partial charge in [-0.3, -0.25) is 13.9 Å². The predicted octanol–water partition coefficient (Wildman–Crippen LogP) is 4.46. The first-order valence-corrected chi connectivity index (χ1v) is 13.5. The SMILES string of the molecule is CC(C)NC(=O)[C@@H](C)N(Cc1cccc(Br)c1)C(=O)CN(c1cc(Cl)ccc1Cl)S(C)(=O)=O. The topological polar surface area (TPSA) is 86.8 Å². The molecule has 1 N–H and O–H groups in total. The number of nitrogens with one attached hydrogen (secondary N) is 1. The Morgan fingerprint density at radius 2 is 1.76 bits per heavy atom. The van der Waals surface area contributed by atoms with Gasteiger partial charge in [-0.15, -0.1) is 0 Å². The first kappa shape index (κ1) is 27.4. The summed E-state index contributed by atoms with van der Waals surface area (Å²) in [7, 11) is -3.90. The summed E-state index contributed by atoms with van der Waals surface area (Å²) in [5.74, 6) is -0.914. The first-order valence-electron chi connectivity index (χ1n) is 10.1. The van der Waals surface area contributed by atoms with Crippen LogP contribution in [0.4, 0.5) is 5.69 Å². The maximum Gasteiger partial charge on any atom is 0.244 e. The summed E-state index contributed by atoms with van der Waals surface area (Å²) in [6.45, 7) is 4.79. The smallest absolute Gasteiger partial charge is 0.244 e. The largest absolute Gasteiger partial charge is 0.352 e. The maximum absolute atomic E-state index is 13.4. The Bertz CT molecular complexity index is 1130. The molecule has 0 saturated carbocycles. The molecule has 2 aromatic rings. The molecule has 2 rings (SSSR count). The molecule has 0 aromatic heterocycles. The molecule has 0 aliphatic carbocycles. The summed E-state index contributed by atoms with van der Waals surface area (Å²) in [5, 5.41) is 3.19. The molecule has 0 aliphatic rings. The zero-order chi connectivity index (χ0) is 24.9. The average molecular weight is 579 g/mol. The molecule has 0 radical (unpaired) electrons. The van der Waals surface area contributed by atoms with Crippen LogP contribution in [0.1, 0.15) is 26.3 Å². The fraction of sp³-hybridized carbons (Fsp3) is 0.364. The highest BCUT2D eigenvalue weighted by molar-refractivity contribution is 9.10. The van der Waals surface area contributed by atoms with Crippen molar-refractivity contribution in [2.24, 2.45) is 0 Å². The number of amides is 2. The van der Waals surface area contributed by atoms with Crippen LogP contribution in [0.3, 0.4) is 0 Å². The number of anilines is 1. The molecule has 11 heteroatoms. The van der Waals surface area contributed by atoms with Crippen molar-refractivity contribution in [1.82, 2.24) is 10.2 Å². The van der Waals surface area contributed by atoms with Crippen molar-refractivity contribution < 1.29 is 18.0 Å². The van der Waals surface area contributed by atoms with Gasteiger partial charge in [0.15, 0.2) is 0 Å². The van der Waals surface area contributed by atoms with E-state index in [2.05, 4.69) is 21.2 Å². The van der Waals surface area contributed by atoms with E-state index >= 15 is 0 Å². The molecule has 0 heterocycles. The third kappa shape index (κ3) is 7.88. The second-order valence-corrected chi connectivity index (χ2v) is 11.5. The third-order valence-corrected chi connectivity index (χ3v) is 6.87. The van der Waals surface area contributed by atoms with Crippen LogP contribution >= 0.6 is 39.1 Å². The predicted molar refractivity (Wildman–Crippen MR) is 136 cm³/mol. The van der Waals surface area contributed by atoms with Crippen molar-refractivity contribution >= 4 is 66.7 Å². The van der Waals surface area contributed by atoms with Crippen molar-refractivity contribution in [2.45, 2.75) is 39.4 Å². The van der Waals surface area contributed by atoms with E-state index in [-0.39, 0.29) is 34.2 Å². The van der Waals surface area contributed by atoms with Crippen molar-refractivity contribution in [1.29, 1.82) is 0 Å². The lowest BCUT2D eigenvalue weighted by molar-refractivity contribution is -0.139. The lowest BCUT2D eigenvalue weighted by atomic mass is 10.1. The van der Waals surface area contributed by atoms with Crippen LogP contribution < -0.4 is 9.62 Å². The Morgan fingerprint density at radius 1 is 1.09 bits per heavy atom. The van der Waals surface area contributed by atoms with E-state index in [0.29, 0.717) is 0 Å². The highest BCUT2D eigenvalue weighted by atomic mass is 79.9. The quantitative estimate of drug-likeness (QED) is 0.476. The summed E-state index contributed by atoms with van der Waals surface area (Å²) >= 11 is 15.7. The Hall–Kier alpha value is -1.81. The molecule has 0 fully saturated rings. The van der Waals surface area contributed by atoms with Gasteiger partial charge in [0.2, 0.25) is 21.8 Å². The lowest BCUT2D eigenvalue weighted by Gasteiger charge is -2.32. The van der Waals surface area contributed by atoms with Crippen molar-refractivity contribution in [3.8, 4) is 0 Å². The fourth-order valence-electron chi connectivity index (χ4n) is 3.09. The van der Waals surface area contributed by atoms with Crippen LogP contribution in [0.2, 0.25) is 10.0 Å². The van der Waals surface area contributed by atoms with Crippen LogP contribution in [0.5, 0.6) is 0 Å². The second-order valence-electron chi connectivity index (χ2n) is 7.86. The van der Waals surface area contributed by atoms with E-state index in [4.69, 9.17) is 23.2 Å². The van der Waals surface area contributed by atoms with E-state index in [0.717, 1.165) is 20.6 Å². The number of nitrogens with zero attached hydrogens (tertiary/aromatic N) is 2. The number of carbonyl (C=O) groups is 2. The van der Waals surface area contributed by atoms with E-state index < -0.39 is 28.5 Å². The van der Waals surface area contributed by atoms with Crippen LogP contribution in [0, 0.1) is 0 Å². The Kier molecular flexibility index (Phi) is 9.60. The van der Waals surface area contributed by atoms with Gasteiger partial charge in [-0.25, -0.2) is 8.42 Å². The molecule has 1 atom stereocenters. The average Bonchev–Trinajstić information content (AvgIpc) is 2.70. The summed E-state index contributed by atoms with van der Waals surface area (Å²) in [6.07, 6.45) is 0.977. The Labute approximate surface area is 213 Å². The summed E-state index contributed by atoms with van der Waals surface area (Å²) in [5.41, 5.74) is 0.857. The molecule has 0 bridgehead atoms. The van der Waals surface area contributed by atoms with Gasteiger partial charge in [0.1, 0.15) is 12.6 Å². The molecule has 0 aliphatic heterocycles. The van der Waals surface area contributed by atoms with Gasteiger partial charge < -0.3 is 10.2 Å². The van der Waals surface area contributed by atoms with Gasteiger partial charge in [-0.2, -0.15) is 0 Å². The van der Waals surface area contributed by atoms with Gasteiger partial charge >= 0.3 is 0 Å². The molecular weight excluding hydrogens is 553 g/mol. The number of benzene rings is 2. The fourth-order valence-corrected chi connectivity index (χ4v) is 4.83. The van der Waals surface area contributed by atoms with Crippen molar-refractivity contribution in [2.75, 3.05) is 17.1 Å². The number of hydrogen-bond donors (Lipinski definition) is 1. The number of carbonyl (C=O) groups excluding carboxylic acids is 2. The van der Waals surface area contributed by atoms with Gasteiger partial charge in [-0.1, -0.05) is 51.3 Å². The molecule has 7 nitrogen and oxygen atoms in total. The Morgan fingerprint density at radius 3 is 2.33 bits per heavy atom. The highest BCUT2D eigenvalue weighted by Crippen LogP contribution is 2.31. The minimum Gasteiger partial charge on any atom is -0.352 e. The molecule has 180 valence electrons. The molecule has 0 unspecified atom stereocenters. The van der Waals surface area contributed by atoms with Crippen molar-refractivity contribution in [3.05, 3.63) is 62.5 Å². The van der Waals surface area contributed by atoms with E-state index in [9.17, 15) is 18.0 Å². The zero-order valence-electron chi connectivity index (χ0n) is 18.7. The second kappa shape index (κ2) is 11.6. The standard InChI is InChI=1S/C22H26BrCl2N3O4S/c1-14(2)26-22(30)15(3)27(12-16-6-5-7-17(23)10-16)21(29)13-28(33(4,31)32)20-11-18(24)8-9-19(20)25/h5-11,14-15H,12-13H2,1-4H3,(H,26,30)/t15-/m1/s1. The molecule has 2 amide bonds. The monoisotopic (exact) mass is 577 g/mol. The maximum atomic E-state index is 13.4. The number of rotatable bonds is 9. The summed E-state index contributed by atoms with van der Waals surface area (Å²) in [6, 6.07) is 10.7. The lowest BCUT2D eigenvalue weighted by Crippen LogP contribution is -2.52. The summed E-state index contributed by atoms with van der Waals surface area (Å²) < 4.78 is 26.9. The van der Waals surface area contributed by atoms with Crippen molar-refractivity contribution in [3.63, 3.8) is 0 Å². The van der Waals surface area contributed by atoms with Gasteiger partial charge in [0, 0.05) is 22.1 Å². The van der Waals surface area contributed by atoms with Gasteiger partial charge in [-0.05, 0) is 56.7 Å². The van der Waals surface area contributed by atoms with E-state index in [1.54, 1.807) is 6.92 Å². The van der Waals surface area contributed by atoms with Gasteiger partial charge in [0.25, 0.3) is 0 Å². The van der Waals surface area contributed by atoms with E-state index in [1.807, 2.05) is 38.1 Å². The molecular formula is C22H26BrCl2N3O4S. The van der Waals surface area contributed by atoms with Gasteiger partial charge in [0.05, 0.1) is 17.0 Å². The number of sulfonamides is 1. The zero-order valence-corrected chi connectivity index (χ0v) is 22.6.